The molecule has 1 amide bonds. The van der Waals surface area contributed by atoms with Gasteiger partial charge in [0.2, 0.25) is 5.91 Å². The third kappa shape index (κ3) is 3.42. The number of para-hydroxylation sites is 1. The van der Waals surface area contributed by atoms with E-state index in [1.807, 2.05) is 23.1 Å². The normalized spacial score (nSPS) is 19.3. The van der Waals surface area contributed by atoms with Crippen LogP contribution in [-0.4, -0.2) is 42.7 Å². The van der Waals surface area contributed by atoms with Crippen LogP contribution in [0.2, 0.25) is 0 Å². The summed E-state index contributed by atoms with van der Waals surface area (Å²) in [6, 6.07) is 10.3. The summed E-state index contributed by atoms with van der Waals surface area (Å²) in [6.45, 7) is 2.61. The molecule has 0 spiro atoms. The molecular weight excluding hydrogens is 244 g/mol. The van der Waals surface area contributed by atoms with Gasteiger partial charge >= 0.3 is 0 Å². The van der Waals surface area contributed by atoms with E-state index in [9.17, 15) is 4.79 Å². The first-order chi connectivity index (χ1) is 8.66. The lowest BCUT2D eigenvalue weighted by Gasteiger charge is -2.21. The number of nitrogens with zero attached hydrogens (tertiary/aromatic N) is 2. The monoisotopic (exact) mass is 264 g/mol. The molecule has 1 fully saturated rings. The van der Waals surface area contributed by atoms with Crippen molar-refractivity contribution >= 4 is 24.2 Å². The lowest BCUT2D eigenvalue weighted by atomic mass is 10.3. The van der Waals surface area contributed by atoms with Crippen LogP contribution >= 0.6 is 12.6 Å². The van der Waals surface area contributed by atoms with Gasteiger partial charge in [-0.05, 0) is 18.6 Å². The number of likely N-dealkylation sites (tertiary alicyclic amines) is 1. The molecule has 1 heterocycles. The number of carbonyl (C=O) groups is 1. The topological polar surface area (TPSA) is 23.6 Å². The Labute approximate surface area is 114 Å². The highest BCUT2D eigenvalue weighted by Crippen LogP contribution is 2.16. The van der Waals surface area contributed by atoms with Crippen LogP contribution in [0.25, 0.3) is 0 Å². The van der Waals surface area contributed by atoms with E-state index < -0.39 is 0 Å². The van der Waals surface area contributed by atoms with Crippen molar-refractivity contribution in [3.05, 3.63) is 30.3 Å². The number of benzene rings is 1. The van der Waals surface area contributed by atoms with E-state index >= 15 is 0 Å². The zero-order valence-corrected chi connectivity index (χ0v) is 11.6. The standard InChI is InChI=1S/C14H20N2OS/c1-15(12-6-3-2-4-7-12)8-5-9-16-11-13(18)10-14(16)17/h2-4,6-7,13,18H,5,8-11H2,1H3. The molecule has 1 aliphatic rings. The fourth-order valence-corrected chi connectivity index (χ4v) is 2.63. The summed E-state index contributed by atoms with van der Waals surface area (Å²) in [7, 11) is 2.09. The second-order valence-corrected chi connectivity index (χ2v) is 5.54. The van der Waals surface area contributed by atoms with E-state index in [0.29, 0.717) is 6.42 Å². The maximum atomic E-state index is 11.6. The van der Waals surface area contributed by atoms with Gasteiger partial charge in [0.25, 0.3) is 0 Å². The molecule has 0 N–H and O–H groups in total. The summed E-state index contributed by atoms with van der Waals surface area (Å²) in [4.78, 5) is 15.7. The lowest BCUT2D eigenvalue weighted by molar-refractivity contribution is -0.127. The summed E-state index contributed by atoms with van der Waals surface area (Å²) in [6.07, 6.45) is 1.59. The van der Waals surface area contributed by atoms with Crippen molar-refractivity contribution in [3.63, 3.8) is 0 Å². The quantitative estimate of drug-likeness (QED) is 0.823. The Hall–Kier alpha value is -1.16. The SMILES string of the molecule is CN(CCCN1CC(S)CC1=O)c1ccccc1. The van der Waals surface area contributed by atoms with Crippen LogP contribution in [-0.2, 0) is 4.79 Å². The van der Waals surface area contributed by atoms with Crippen molar-refractivity contribution < 1.29 is 4.79 Å². The Morgan fingerprint density at radius 2 is 2.11 bits per heavy atom. The predicted molar refractivity (Wildman–Crippen MR) is 78.3 cm³/mol. The van der Waals surface area contributed by atoms with Gasteiger partial charge in [-0.2, -0.15) is 12.6 Å². The van der Waals surface area contributed by atoms with Crippen molar-refractivity contribution in [3.8, 4) is 0 Å². The molecule has 4 heteroatoms. The summed E-state index contributed by atoms with van der Waals surface area (Å²) in [5, 5.41) is 0.226. The number of carbonyl (C=O) groups excluding carboxylic acids is 1. The van der Waals surface area contributed by atoms with Crippen LogP contribution in [0, 0.1) is 0 Å². The second kappa shape index (κ2) is 6.14. The molecule has 3 nitrogen and oxygen atoms in total. The van der Waals surface area contributed by atoms with E-state index in [0.717, 1.165) is 26.1 Å². The molecule has 0 radical (unpaired) electrons. The summed E-state index contributed by atoms with van der Waals surface area (Å²) in [5.41, 5.74) is 1.22. The molecule has 0 aliphatic carbocycles. The Balaban J connectivity index is 1.74. The molecule has 18 heavy (non-hydrogen) atoms. The molecule has 1 saturated heterocycles. The van der Waals surface area contributed by atoms with Gasteiger partial charge in [-0.25, -0.2) is 0 Å². The number of anilines is 1. The lowest BCUT2D eigenvalue weighted by Crippen LogP contribution is -2.29. The van der Waals surface area contributed by atoms with Crippen molar-refractivity contribution in [2.24, 2.45) is 0 Å². The van der Waals surface area contributed by atoms with Crippen molar-refractivity contribution in [2.45, 2.75) is 18.1 Å². The number of amides is 1. The molecule has 1 unspecified atom stereocenters. The number of rotatable bonds is 5. The second-order valence-electron chi connectivity index (χ2n) is 4.81. The highest BCUT2D eigenvalue weighted by atomic mass is 32.1. The fraction of sp³-hybridized carbons (Fsp3) is 0.500. The van der Waals surface area contributed by atoms with Crippen LogP contribution < -0.4 is 4.90 Å². The largest absolute Gasteiger partial charge is 0.375 e. The van der Waals surface area contributed by atoms with Gasteiger partial charge in [0.15, 0.2) is 0 Å². The zero-order chi connectivity index (χ0) is 13.0. The van der Waals surface area contributed by atoms with Crippen molar-refractivity contribution in [1.29, 1.82) is 0 Å². The van der Waals surface area contributed by atoms with Crippen LogP contribution in [0.5, 0.6) is 0 Å². The molecule has 0 bridgehead atoms. The number of hydrogen-bond acceptors (Lipinski definition) is 3. The number of thiol groups is 1. The van der Waals surface area contributed by atoms with Gasteiger partial charge in [0.05, 0.1) is 0 Å². The first-order valence-corrected chi connectivity index (χ1v) is 6.90. The molecule has 1 aromatic rings. The fourth-order valence-electron chi connectivity index (χ4n) is 2.28. The van der Waals surface area contributed by atoms with E-state index in [4.69, 9.17) is 0 Å². The molecule has 1 aromatic carbocycles. The minimum Gasteiger partial charge on any atom is -0.375 e. The molecule has 0 saturated carbocycles. The summed E-state index contributed by atoms with van der Waals surface area (Å²) < 4.78 is 0. The summed E-state index contributed by atoms with van der Waals surface area (Å²) in [5.74, 6) is 0.248. The van der Waals surface area contributed by atoms with E-state index in [2.05, 4.69) is 36.7 Å². The molecule has 98 valence electrons. The van der Waals surface area contributed by atoms with Gasteiger partial charge in [0, 0.05) is 44.0 Å². The molecule has 1 aliphatic heterocycles. The summed E-state index contributed by atoms with van der Waals surface area (Å²) >= 11 is 4.36. The first-order valence-electron chi connectivity index (χ1n) is 6.39. The number of hydrogen-bond donors (Lipinski definition) is 1. The highest BCUT2D eigenvalue weighted by molar-refractivity contribution is 7.81. The van der Waals surface area contributed by atoms with E-state index in [-0.39, 0.29) is 11.2 Å². The minimum atomic E-state index is 0.226. The first kappa shape index (κ1) is 13.3. The maximum absolute atomic E-state index is 11.6. The highest BCUT2D eigenvalue weighted by Gasteiger charge is 2.26. The van der Waals surface area contributed by atoms with Crippen LogP contribution in [0.3, 0.4) is 0 Å². The predicted octanol–water partition coefficient (Wildman–Crippen LogP) is 2.04. The average molecular weight is 264 g/mol. The van der Waals surface area contributed by atoms with Gasteiger partial charge in [-0.15, -0.1) is 0 Å². The smallest absolute Gasteiger partial charge is 0.223 e. The van der Waals surface area contributed by atoms with Gasteiger partial charge in [0.1, 0.15) is 0 Å². The Bertz CT molecular complexity index is 396. The van der Waals surface area contributed by atoms with Crippen LogP contribution in [0.15, 0.2) is 30.3 Å². The maximum Gasteiger partial charge on any atom is 0.223 e. The Morgan fingerprint density at radius 3 is 2.72 bits per heavy atom. The molecule has 1 atom stereocenters. The Morgan fingerprint density at radius 1 is 1.39 bits per heavy atom. The molecular formula is C14H20N2OS. The van der Waals surface area contributed by atoms with Crippen LogP contribution in [0.1, 0.15) is 12.8 Å². The molecule has 2 rings (SSSR count). The van der Waals surface area contributed by atoms with Crippen LogP contribution in [0.4, 0.5) is 5.69 Å². The van der Waals surface area contributed by atoms with E-state index in [1.54, 1.807) is 0 Å². The Kier molecular flexibility index (Phi) is 4.53. The third-order valence-corrected chi connectivity index (χ3v) is 3.66. The third-order valence-electron chi connectivity index (χ3n) is 3.31. The molecule has 0 aromatic heterocycles. The van der Waals surface area contributed by atoms with Gasteiger partial charge < -0.3 is 9.80 Å². The zero-order valence-electron chi connectivity index (χ0n) is 10.7. The van der Waals surface area contributed by atoms with Crippen molar-refractivity contribution in [2.75, 3.05) is 31.6 Å². The minimum absolute atomic E-state index is 0.226. The van der Waals surface area contributed by atoms with Crippen molar-refractivity contribution in [1.82, 2.24) is 4.90 Å². The average Bonchev–Trinajstić information content (AvgIpc) is 2.69. The van der Waals surface area contributed by atoms with Gasteiger partial charge in [-0.1, -0.05) is 18.2 Å². The van der Waals surface area contributed by atoms with Gasteiger partial charge in [-0.3, -0.25) is 4.79 Å². The van der Waals surface area contributed by atoms with E-state index in [1.165, 1.54) is 5.69 Å².